The molecule has 0 atom stereocenters. The van der Waals surface area contributed by atoms with Crippen molar-refractivity contribution < 1.29 is 42.8 Å². The van der Waals surface area contributed by atoms with E-state index in [4.69, 9.17) is 28.4 Å². The van der Waals surface area contributed by atoms with Crippen molar-refractivity contribution in [3.05, 3.63) is 38.0 Å². The second-order valence-electron chi connectivity index (χ2n) is 5.76. The minimum atomic E-state index is -1.33. The molecular formula is C21H32O9. The molecule has 0 aliphatic carbocycles. The fourth-order valence-corrected chi connectivity index (χ4v) is 1.99. The monoisotopic (exact) mass is 428 g/mol. The molecule has 0 saturated carbocycles. The Kier molecular flexibility index (Phi) is 15.9. The van der Waals surface area contributed by atoms with Crippen molar-refractivity contribution in [2.45, 2.75) is 38.6 Å². The largest absolute Gasteiger partial charge is 0.462 e. The lowest BCUT2D eigenvalue weighted by Crippen LogP contribution is -2.40. The summed E-state index contributed by atoms with van der Waals surface area (Å²) < 4.78 is 32.0. The molecule has 0 bridgehead atoms. The lowest BCUT2D eigenvalue weighted by molar-refractivity contribution is -0.382. The van der Waals surface area contributed by atoms with Crippen LogP contribution in [0, 0.1) is 0 Å². The summed E-state index contributed by atoms with van der Waals surface area (Å²) >= 11 is 0. The predicted octanol–water partition coefficient (Wildman–Crippen LogP) is 2.46. The number of hydrogen-bond acceptors (Lipinski definition) is 9. The molecule has 170 valence electrons. The molecule has 30 heavy (non-hydrogen) atoms. The smallest absolute Gasteiger partial charge is 0.330 e. The van der Waals surface area contributed by atoms with E-state index < -0.39 is 23.9 Å². The molecule has 0 aromatic rings. The van der Waals surface area contributed by atoms with Crippen molar-refractivity contribution in [3.8, 4) is 0 Å². The van der Waals surface area contributed by atoms with Gasteiger partial charge in [-0.25, -0.2) is 14.4 Å². The van der Waals surface area contributed by atoms with Crippen LogP contribution in [0.1, 0.15) is 32.6 Å². The van der Waals surface area contributed by atoms with Gasteiger partial charge in [-0.05, 0) is 0 Å². The summed E-state index contributed by atoms with van der Waals surface area (Å²) in [7, 11) is 0. The van der Waals surface area contributed by atoms with Crippen LogP contribution in [0.15, 0.2) is 38.0 Å². The van der Waals surface area contributed by atoms with Gasteiger partial charge < -0.3 is 28.4 Å². The molecule has 0 N–H and O–H groups in total. The fraction of sp³-hybridized carbons (Fsp3) is 0.571. The molecule has 0 amide bonds. The Hall–Kier alpha value is -2.49. The van der Waals surface area contributed by atoms with Crippen molar-refractivity contribution in [1.82, 2.24) is 0 Å². The van der Waals surface area contributed by atoms with E-state index in [1.54, 1.807) is 0 Å². The summed E-state index contributed by atoms with van der Waals surface area (Å²) in [5, 5.41) is 0. The number of ether oxygens (including phenoxy) is 6. The van der Waals surface area contributed by atoms with Crippen LogP contribution in [0.5, 0.6) is 0 Å². The van der Waals surface area contributed by atoms with E-state index in [1.165, 1.54) is 0 Å². The van der Waals surface area contributed by atoms with E-state index in [2.05, 4.69) is 19.7 Å². The Morgan fingerprint density at radius 1 is 0.633 bits per heavy atom. The van der Waals surface area contributed by atoms with Crippen molar-refractivity contribution in [2.24, 2.45) is 0 Å². The first-order valence-electron chi connectivity index (χ1n) is 9.72. The minimum absolute atomic E-state index is 0.166. The highest BCUT2D eigenvalue weighted by molar-refractivity contribution is 5.81. The first-order chi connectivity index (χ1) is 14.4. The van der Waals surface area contributed by atoms with E-state index in [1.807, 2.05) is 6.92 Å². The average Bonchev–Trinajstić information content (AvgIpc) is 2.76. The summed E-state index contributed by atoms with van der Waals surface area (Å²) in [6, 6.07) is 0. The molecule has 9 nitrogen and oxygen atoms in total. The van der Waals surface area contributed by atoms with Crippen molar-refractivity contribution >= 4 is 17.9 Å². The molecular weight excluding hydrogens is 396 g/mol. The van der Waals surface area contributed by atoms with Gasteiger partial charge >= 0.3 is 17.9 Å². The summed E-state index contributed by atoms with van der Waals surface area (Å²) in [5.74, 6) is -2.85. The highest BCUT2D eigenvalue weighted by Gasteiger charge is 2.31. The molecule has 0 aliphatic rings. The molecule has 0 aliphatic heterocycles. The van der Waals surface area contributed by atoms with Crippen LogP contribution in [-0.4, -0.2) is 63.5 Å². The summed E-state index contributed by atoms with van der Waals surface area (Å²) in [6.45, 7) is 12.9. The van der Waals surface area contributed by atoms with E-state index in [0.717, 1.165) is 18.2 Å². The van der Waals surface area contributed by atoms with Crippen LogP contribution in [0.3, 0.4) is 0 Å². The quantitative estimate of drug-likeness (QED) is 0.101. The van der Waals surface area contributed by atoms with Gasteiger partial charge in [-0.1, -0.05) is 26.7 Å². The zero-order valence-corrected chi connectivity index (χ0v) is 17.6. The van der Waals surface area contributed by atoms with Gasteiger partial charge in [0, 0.05) is 43.9 Å². The van der Waals surface area contributed by atoms with Gasteiger partial charge in [-0.2, -0.15) is 0 Å². The normalized spacial score (nSPS) is 10.7. The number of carbonyl (C=O) groups excluding carboxylic acids is 3. The van der Waals surface area contributed by atoms with Crippen LogP contribution < -0.4 is 0 Å². The second-order valence-corrected chi connectivity index (χ2v) is 5.76. The van der Waals surface area contributed by atoms with Crippen molar-refractivity contribution in [2.75, 3.05) is 39.6 Å². The third kappa shape index (κ3) is 13.6. The van der Waals surface area contributed by atoms with Crippen LogP contribution in [0.2, 0.25) is 0 Å². The Bertz CT molecular complexity index is 483. The number of carbonyl (C=O) groups is 3. The SMILES string of the molecule is C=CC(=O)OCCCOC(CC)(OCCCOC(=O)C=C)OCCCOC(=O)C=C. The number of hydrogen-bond donors (Lipinski definition) is 0. The topological polar surface area (TPSA) is 107 Å². The van der Waals surface area contributed by atoms with Gasteiger partial charge in [0.2, 0.25) is 0 Å². The molecule has 0 spiro atoms. The van der Waals surface area contributed by atoms with Gasteiger partial charge in [0.1, 0.15) is 0 Å². The fourth-order valence-electron chi connectivity index (χ4n) is 1.99. The molecule has 0 saturated heterocycles. The summed E-state index contributed by atoms with van der Waals surface area (Å²) in [5.41, 5.74) is 0. The third-order valence-electron chi connectivity index (χ3n) is 3.50. The molecule has 0 aromatic carbocycles. The predicted molar refractivity (Wildman–Crippen MR) is 108 cm³/mol. The molecule has 9 heteroatoms. The molecule has 0 aromatic heterocycles. The molecule has 0 unspecified atom stereocenters. The zero-order valence-electron chi connectivity index (χ0n) is 17.6. The Morgan fingerprint density at radius 3 is 1.17 bits per heavy atom. The van der Waals surface area contributed by atoms with E-state index in [9.17, 15) is 14.4 Å². The van der Waals surface area contributed by atoms with Gasteiger partial charge in [0.25, 0.3) is 5.97 Å². The number of esters is 3. The summed E-state index contributed by atoms with van der Waals surface area (Å²) in [6.07, 6.45) is 4.93. The average molecular weight is 428 g/mol. The van der Waals surface area contributed by atoms with Crippen LogP contribution in [-0.2, 0) is 42.8 Å². The van der Waals surface area contributed by atoms with Gasteiger partial charge in [-0.15, -0.1) is 0 Å². The second kappa shape index (κ2) is 17.4. The maximum absolute atomic E-state index is 11.1. The van der Waals surface area contributed by atoms with E-state index in [0.29, 0.717) is 25.7 Å². The van der Waals surface area contributed by atoms with Crippen molar-refractivity contribution in [1.29, 1.82) is 0 Å². The molecule has 0 heterocycles. The first kappa shape index (κ1) is 27.5. The maximum atomic E-state index is 11.1. The lowest BCUT2D eigenvalue weighted by Gasteiger charge is -2.32. The van der Waals surface area contributed by atoms with Crippen LogP contribution in [0.25, 0.3) is 0 Å². The van der Waals surface area contributed by atoms with Gasteiger partial charge in [0.05, 0.1) is 39.6 Å². The zero-order chi connectivity index (χ0) is 22.7. The minimum Gasteiger partial charge on any atom is -0.462 e. The van der Waals surface area contributed by atoms with Gasteiger partial charge in [0.15, 0.2) is 0 Å². The third-order valence-corrected chi connectivity index (χ3v) is 3.50. The maximum Gasteiger partial charge on any atom is 0.330 e. The molecule has 0 rings (SSSR count). The Balaban J connectivity index is 4.52. The van der Waals surface area contributed by atoms with Crippen molar-refractivity contribution in [3.63, 3.8) is 0 Å². The Morgan fingerprint density at radius 2 is 0.933 bits per heavy atom. The highest BCUT2D eigenvalue weighted by atomic mass is 16.9. The van der Waals surface area contributed by atoms with Gasteiger partial charge in [-0.3, -0.25) is 0 Å². The standard InChI is InChI=1S/C21H32O9/c1-5-18(22)25-12-9-15-28-21(8-4,29-16-10-13-26-19(23)6-2)30-17-11-14-27-20(24)7-3/h5-7H,1-3,8-17H2,4H3. The Labute approximate surface area is 177 Å². The summed E-state index contributed by atoms with van der Waals surface area (Å²) in [4.78, 5) is 33.2. The molecule has 0 radical (unpaired) electrons. The van der Waals surface area contributed by atoms with Crippen LogP contribution >= 0.6 is 0 Å². The molecule has 0 fully saturated rings. The van der Waals surface area contributed by atoms with Crippen LogP contribution in [0.4, 0.5) is 0 Å². The first-order valence-corrected chi connectivity index (χ1v) is 9.72. The van der Waals surface area contributed by atoms with E-state index in [-0.39, 0.29) is 39.6 Å². The number of rotatable bonds is 19. The lowest BCUT2D eigenvalue weighted by atomic mass is 10.3. The van der Waals surface area contributed by atoms with E-state index >= 15 is 0 Å². The highest BCUT2D eigenvalue weighted by Crippen LogP contribution is 2.21.